The van der Waals surface area contributed by atoms with Crippen molar-refractivity contribution in [2.45, 2.75) is 6.92 Å². The molecule has 0 saturated heterocycles. The van der Waals surface area contributed by atoms with Gasteiger partial charge in [0, 0.05) is 4.88 Å². The van der Waals surface area contributed by atoms with Gasteiger partial charge in [-0.2, -0.15) is 0 Å². The zero-order valence-corrected chi connectivity index (χ0v) is 10.7. The minimum atomic E-state index is 0.533. The molecule has 0 unspecified atom stereocenters. The summed E-state index contributed by atoms with van der Waals surface area (Å²) in [5, 5.41) is 0.533. The average molecular weight is 261 g/mol. The zero-order chi connectivity index (χ0) is 11.8. The van der Waals surface area contributed by atoms with Gasteiger partial charge in [-0.1, -0.05) is 41.9 Å². The van der Waals surface area contributed by atoms with Gasteiger partial charge in [0.1, 0.15) is 11.5 Å². The molecular weight excluding hydrogens is 252 g/mol. The molecule has 0 radical (unpaired) electrons. The fraction of sp³-hybridized carbons (Fsp3) is 0.0769. The van der Waals surface area contributed by atoms with Crippen LogP contribution in [-0.4, -0.2) is 9.97 Å². The average Bonchev–Trinajstić information content (AvgIpc) is 2.70. The maximum atomic E-state index is 6.09. The Balaban J connectivity index is 2.32. The van der Waals surface area contributed by atoms with Crippen LogP contribution in [0, 0.1) is 6.92 Å². The van der Waals surface area contributed by atoms with Gasteiger partial charge in [0.05, 0.1) is 10.2 Å². The van der Waals surface area contributed by atoms with E-state index < -0.39 is 0 Å². The number of rotatable bonds is 1. The maximum absolute atomic E-state index is 6.09. The van der Waals surface area contributed by atoms with Gasteiger partial charge in [-0.3, -0.25) is 0 Å². The van der Waals surface area contributed by atoms with Crippen LogP contribution in [0.1, 0.15) is 5.56 Å². The van der Waals surface area contributed by atoms with E-state index in [1.165, 1.54) is 22.3 Å². The van der Waals surface area contributed by atoms with Gasteiger partial charge in [0.25, 0.3) is 0 Å². The molecular formula is C13H9ClN2S. The van der Waals surface area contributed by atoms with Gasteiger partial charge in [-0.05, 0) is 18.1 Å². The predicted octanol–water partition coefficient (Wildman–Crippen LogP) is 4.32. The predicted molar refractivity (Wildman–Crippen MR) is 72.6 cm³/mol. The highest BCUT2D eigenvalue weighted by atomic mass is 35.5. The highest BCUT2D eigenvalue weighted by molar-refractivity contribution is 7.23. The Bertz CT molecular complexity index is 676. The lowest BCUT2D eigenvalue weighted by molar-refractivity contribution is 1.22. The topological polar surface area (TPSA) is 25.8 Å². The zero-order valence-electron chi connectivity index (χ0n) is 9.14. The summed E-state index contributed by atoms with van der Waals surface area (Å²) in [5.74, 6) is 0. The molecule has 0 fully saturated rings. The molecule has 84 valence electrons. The lowest BCUT2D eigenvalue weighted by atomic mass is 10.1. The quantitative estimate of drug-likeness (QED) is 0.609. The maximum Gasteiger partial charge on any atom is 0.150 e. The fourth-order valence-electron chi connectivity index (χ4n) is 1.86. The molecule has 17 heavy (non-hydrogen) atoms. The van der Waals surface area contributed by atoms with Crippen LogP contribution in [0.15, 0.2) is 36.7 Å². The molecule has 0 aliphatic carbocycles. The number of fused-ring (bicyclic) bond motifs is 1. The van der Waals surface area contributed by atoms with E-state index in [-0.39, 0.29) is 0 Å². The van der Waals surface area contributed by atoms with Gasteiger partial charge >= 0.3 is 0 Å². The van der Waals surface area contributed by atoms with Gasteiger partial charge in [-0.25, -0.2) is 9.97 Å². The van der Waals surface area contributed by atoms with E-state index in [1.807, 2.05) is 18.2 Å². The number of aryl methyl sites for hydroxylation is 1. The normalized spacial score (nSPS) is 10.9. The smallest absolute Gasteiger partial charge is 0.150 e. The van der Waals surface area contributed by atoms with Crippen molar-refractivity contribution in [3.63, 3.8) is 0 Å². The van der Waals surface area contributed by atoms with Crippen molar-refractivity contribution in [3.8, 4) is 10.4 Å². The monoisotopic (exact) mass is 260 g/mol. The number of benzene rings is 1. The molecule has 4 heteroatoms. The van der Waals surface area contributed by atoms with Crippen molar-refractivity contribution in [3.05, 3.63) is 47.4 Å². The first kappa shape index (κ1) is 10.7. The minimum Gasteiger partial charge on any atom is -0.235 e. The van der Waals surface area contributed by atoms with Crippen molar-refractivity contribution in [2.24, 2.45) is 0 Å². The van der Waals surface area contributed by atoms with Crippen molar-refractivity contribution in [1.29, 1.82) is 0 Å². The number of hydrogen-bond acceptors (Lipinski definition) is 3. The van der Waals surface area contributed by atoms with Crippen LogP contribution in [0.4, 0.5) is 0 Å². The van der Waals surface area contributed by atoms with E-state index in [1.54, 1.807) is 11.3 Å². The summed E-state index contributed by atoms with van der Waals surface area (Å²) in [4.78, 5) is 9.53. The number of halogens is 1. The molecule has 2 aromatic heterocycles. The standard InChI is InChI=1S/C13H9ClN2S/c1-8-10-12(13(14)16-7-15-10)17-11(8)9-5-3-2-4-6-9/h2-7H,1H3. The van der Waals surface area contributed by atoms with Crippen LogP contribution in [0.2, 0.25) is 5.15 Å². The van der Waals surface area contributed by atoms with Crippen molar-refractivity contribution in [1.82, 2.24) is 9.97 Å². The summed E-state index contributed by atoms with van der Waals surface area (Å²) in [6.45, 7) is 2.07. The summed E-state index contributed by atoms with van der Waals surface area (Å²) in [7, 11) is 0. The molecule has 0 N–H and O–H groups in total. The molecule has 3 aromatic rings. The molecule has 0 aliphatic heterocycles. The Morgan fingerprint density at radius 3 is 2.59 bits per heavy atom. The Morgan fingerprint density at radius 1 is 1.12 bits per heavy atom. The van der Waals surface area contributed by atoms with Gasteiger partial charge in [0.15, 0.2) is 0 Å². The summed E-state index contributed by atoms with van der Waals surface area (Å²) in [6.07, 6.45) is 1.51. The SMILES string of the molecule is Cc1c(-c2ccccc2)sc2c(Cl)ncnc12. The van der Waals surface area contributed by atoms with Gasteiger partial charge in [-0.15, -0.1) is 11.3 Å². The van der Waals surface area contributed by atoms with E-state index in [0.29, 0.717) is 5.15 Å². The van der Waals surface area contributed by atoms with Crippen LogP contribution in [0.3, 0.4) is 0 Å². The number of aromatic nitrogens is 2. The van der Waals surface area contributed by atoms with E-state index >= 15 is 0 Å². The second kappa shape index (κ2) is 4.09. The molecule has 3 rings (SSSR count). The first-order valence-corrected chi connectivity index (χ1v) is 6.42. The molecule has 0 aliphatic rings. The largest absolute Gasteiger partial charge is 0.235 e. The molecule has 0 amide bonds. The third kappa shape index (κ3) is 1.72. The van der Waals surface area contributed by atoms with Crippen LogP contribution < -0.4 is 0 Å². The number of nitrogens with zero attached hydrogens (tertiary/aromatic N) is 2. The summed E-state index contributed by atoms with van der Waals surface area (Å²) < 4.78 is 0.963. The summed E-state index contributed by atoms with van der Waals surface area (Å²) in [5.41, 5.74) is 3.32. The third-order valence-corrected chi connectivity index (χ3v) is 4.43. The summed E-state index contributed by atoms with van der Waals surface area (Å²) in [6, 6.07) is 10.3. The first-order valence-electron chi connectivity index (χ1n) is 5.22. The molecule has 0 saturated carbocycles. The lowest BCUT2D eigenvalue weighted by Gasteiger charge is -1.97. The number of hydrogen-bond donors (Lipinski definition) is 0. The molecule has 2 nitrogen and oxygen atoms in total. The Morgan fingerprint density at radius 2 is 1.88 bits per heavy atom. The minimum absolute atomic E-state index is 0.533. The molecule has 1 aromatic carbocycles. The molecule has 0 spiro atoms. The van der Waals surface area contributed by atoms with Crippen molar-refractivity contribution >= 4 is 33.2 Å². The second-order valence-electron chi connectivity index (χ2n) is 3.76. The highest BCUT2D eigenvalue weighted by Crippen LogP contribution is 2.39. The van der Waals surface area contributed by atoms with Gasteiger partial charge in [0.2, 0.25) is 0 Å². The van der Waals surface area contributed by atoms with Crippen molar-refractivity contribution < 1.29 is 0 Å². The van der Waals surface area contributed by atoms with Crippen LogP contribution in [-0.2, 0) is 0 Å². The Hall–Kier alpha value is -1.45. The fourth-order valence-corrected chi connectivity index (χ4v) is 3.26. The van der Waals surface area contributed by atoms with Crippen LogP contribution in [0.5, 0.6) is 0 Å². The second-order valence-corrected chi connectivity index (χ2v) is 5.14. The van der Waals surface area contributed by atoms with E-state index in [9.17, 15) is 0 Å². The van der Waals surface area contributed by atoms with E-state index in [2.05, 4.69) is 29.0 Å². The van der Waals surface area contributed by atoms with Crippen molar-refractivity contribution in [2.75, 3.05) is 0 Å². The molecule has 0 atom stereocenters. The summed E-state index contributed by atoms with van der Waals surface area (Å²) >= 11 is 7.74. The Kier molecular flexibility index (Phi) is 2.57. The first-order chi connectivity index (χ1) is 8.27. The third-order valence-electron chi connectivity index (χ3n) is 2.70. The van der Waals surface area contributed by atoms with E-state index in [4.69, 9.17) is 11.6 Å². The van der Waals surface area contributed by atoms with Crippen LogP contribution in [0.25, 0.3) is 20.7 Å². The molecule has 2 heterocycles. The highest BCUT2D eigenvalue weighted by Gasteiger charge is 2.13. The lowest BCUT2D eigenvalue weighted by Crippen LogP contribution is -1.80. The Labute approximate surface area is 108 Å². The number of thiophene rings is 1. The molecule has 0 bridgehead atoms. The van der Waals surface area contributed by atoms with Crippen LogP contribution >= 0.6 is 22.9 Å². The van der Waals surface area contributed by atoms with Gasteiger partial charge < -0.3 is 0 Å². The van der Waals surface area contributed by atoms with E-state index in [0.717, 1.165) is 10.2 Å².